The van der Waals surface area contributed by atoms with Gasteiger partial charge in [-0.1, -0.05) is 0 Å². The van der Waals surface area contributed by atoms with Crippen LogP contribution in [-0.2, 0) is 0 Å². The van der Waals surface area contributed by atoms with Crippen LogP contribution in [-0.4, -0.2) is 24.6 Å². The molecular formula is C4H8N2S. The average Bonchev–Trinajstić information content (AvgIpc) is 1.90. The molecule has 0 atom stereocenters. The van der Waals surface area contributed by atoms with Gasteiger partial charge in [-0.3, -0.25) is 0 Å². The first-order valence-corrected chi connectivity index (χ1v) is 3.56. The second kappa shape index (κ2) is 3.02. The SMILES string of the molecule is C1CSCCN=N1. The van der Waals surface area contributed by atoms with Gasteiger partial charge in [0.1, 0.15) is 0 Å². The lowest BCUT2D eigenvalue weighted by Gasteiger charge is -1.84. The molecule has 1 rings (SSSR count). The lowest BCUT2D eigenvalue weighted by molar-refractivity contribution is 0.934. The summed E-state index contributed by atoms with van der Waals surface area (Å²) in [5, 5.41) is 7.75. The fourth-order valence-corrected chi connectivity index (χ4v) is 1.08. The number of hydrogen-bond donors (Lipinski definition) is 0. The molecule has 0 aromatic carbocycles. The van der Waals surface area contributed by atoms with Crippen molar-refractivity contribution in [1.82, 2.24) is 0 Å². The molecule has 0 spiro atoms. The number of hydrogen-bond acceptors (Lipinski definition) is 3. The van der Waals surface area contributed by atoms with Crippen LogP contribution in [0.25, 0.3) is 0 Å². The highest BCUT2D eigenvalue weighted by Crippen LogP contribution is 2.02. The maximum Gasteiger partial charge on any atom is 0.0689 e. The molecule has 0 bridgehead atoms. The number of rotatable bonds is 0. The third kappa shape index (κ3) is 1.92. The molecule has 0 amide bonds. The summed E-state index contributed by atoms with van der Waals surface area (Å²) in [7, 11) is 0. The summed E-state index contributed by atoms with van der Waals surface area (Å²) in [5.74, 6) is 2.31. The highest BCUT2D eigenvalue weighted by molar-refractivity contribution is 7.99. The standard InChI is InChI=1S/C4H8N2S/c1-3-7-4-2-6-5-1/h1-4H2. The molecule has 0 N–H and O–H groups in total. The highest BCUT2D eigenvalue weighted by Gasteiger charge is 1.90. The van der Waals surface area contributed by atoms with Crippen molar-refractivity contribution in [3.05, 3.63) is 0 Å². The summed E-state index contributed by atoms with van der Waals surface area (Å²) in [6.45, 7) is 1.84. The average molecular weight is 116 g/mol. The third-order valence-corrected chi connectivity index (χ3v) is 1.71. The Bertz CT molecular complexity index is 64.1. The first-order chi connectivity index (χ1) is 3.50. The zero-order chi connectivity index (χ0) is 4.95. The molecule has 0 saturated heterocycles. The number of azo groups is 1. The van der Waals surface area contributed by atoms with Crippen LogP contribution >= 0.6 is 11.8 Å². The van der Waals surface area contributed by atoms with Gasteiger partial charge in [0.25, 0.3) is 0 Å². The summed E-state index contributed by atoms with van der Waals surface area (Å²) < 4.78 is 0. The van der Waals surface area contributed by atoms with E-state index in [9.17, 15) is 0 Å². The van der Waals surface area contributed by atoms with Gasteiger partial charge in [0.2, 0.25) is 0 Å². The molecular weight excluding hydrogens is 108 g/mol. The van der Waals surface area contributed by atoms with Crippen molar-refractivity contribution >= 4 is 11.8 Å². The van der Waals surface area contributed by atoms with E-state index in [0.717, 1.165) is 24.6 Å². The predicted octanol–water partition coefficient (Wildman–Crippen LogP) is 1.19. The van der Waals surface area contributed by atoms with Crippen molar-refractivity contribution in [1.29, 1.82) is 0 Å². The quantitative estimate of drug-likeness (QED) is 0.466. The number of thioether (sulfide) groups is 1. The molecule has 0 saturated carbocycles. The van der Waals surface area contributed by atoms with E-state index in [-0.39, 0.29) is 0 Å². The van der Waals surface area contributed by atoms with Gasteiger partial charge in [0.05, 0.1) is 13.1 Å². The van der Waals surface area contributed by atoms with Gasteiger partial charge in [-0.05, 0) is 0 Å². The first kappa shape index (κ1) is 5.09. The van der Waals surface area contributed by atoms with E-state index < -0.39 is 0 Å². The molecule has 0 aromatic rings. The van der Waals surface area contributed by atoms with E-state index >= 15 is 0 Å². The molecule has 0 unspecified atom stereocenters. The van der Waals surface area contributed by atoms with E-state index in [4.69, 9.17) is 0 Å². The van der Waals surface area contributed by atoms with Gasteiger partial charge in [-0.15, -0.1) is 0 Å². The Balaban J connectivity index is 2.20. The van der Waals surface area contributed by atoms with E-state index in [0.29, 0.717) is 0 Å². The van der Waals surface area contributed by atoms with Gasteiger partial charge in [0, 0.05) is 11.5 Å². The molecule has 2 nitrogen and oxygen atoms in total. The molecule has 0 aromatic heterocycles. The first-order valence-electron chi connectivity index (χ1n) is 2.41. The van der Waals surface area contributed by atoms with Crippen LogP contribution in [0.4, 0.5) is 0 Å². The third-order valence-electron chi connectivity index (χ3n) is 0.771. The molecule has 0 aliphatic carbocycles. The Morgan fingerprint density at radius 3 is 2.14 bits per heavy atom. The van der Waals surface area contributed by atoms with Crippen molar-refractivity contribution in [3.63, 3.8) is 0 Å². The fourth-order valence-electron chi connectivity index (χ4n) is 0.454. The Kier molecular flexibility index (Phi) is 2.20. The molecule has 1 heterocycles. The van der Waals surface area contributed by atoms with Crippen LogP contribution in [0.5, 0.6) is 0 Å². The molecule has 7 heavy (non-hydrogen) atoms. The Morgan fingerprint density at radius 1 is 1.00 bits per heavy atom. The van der Waals surface area contributed by atoms with Crippen LogP contribution in [0.2, 0.25) is 0 Å². The van der Waals surface area contributed by atoms with Gasteiger partial charge < -0.3 is 0 Å². The Labute approximate surface area is 47.4 Å². The summed E-state index contributed by atoms with van der Waals surface area (Å²) in [6.07, 6.45) is 0. The smallest absolute Gasteiger partial charge is 0.0689 e. The lowest BCUT2D eigenvalue weighted by Crippen LogP contribution is -1.82. The summed E-state index contributed by atoms with van der Waals surface area (Å²) in [5.41, 5.74) is 0. The van der Waals surface area contributed by atoms with Crippen molar-refractivity contribution in [2.24, 2.45) is 10.2 Å². The van der Waals surface area contributed by atoms with Crippen LogP contribution in [0.1, 0.15) is 0 Å². The highest BCUT2D eigenvalue weighted by atomic mass is 32.2. The normalized spacial score (nSPS) is 21.7. The minimum absolute atomic E-state index is 0.921. The van der Waals surface area contributed by atoms with Gasteiger partial charge >= 0.3 is 0 Å². The fraction of sp³-hybridized carbons (Fsp3) is 1.00. The minimum Gasteiger partial charge on any atom is -0.193 e. The largest absolute Gasteiger partial charge is 0.193 e. The van der Waals surface area contributed by atoms with Crippen molar-refractivity contribution in [2.45, 2.75) is 0 Å². The van der Waals surface area contributed by atoms with E-state index in [1.54, 1.807) is 0 Å². The maximum absolute atomic E-state index is 3.88. The van der Waals surface area contributed by atoms with Crippen molar-refractivity contribution < 1.29 is 0 Å². The molecule has 1 aliphatic rings. The summed E-state index contributed by atoms with van der Waals surface area (Å²) in [4.78, 5) is 0. The topological polar surface area (TPSA) is 24.7 Å². The van der Waals surface area contributed by atoms with Crippen LogP contribution < -0.4 is 0 Å². The van der Waals surface area contributed by atoms with Crippen LogP contribution in [0.15, 0.2) is 10.2 Å². The van der Waals surface area contributed by atoms with Crippen molar-refractivity contribution in [3.8, 4) is 0 Å². The molecule has 0 radical (unpaired) electrons. The molecule has 0 fully saturated rings. The monoisotopic (exact) mass is 116 g/mol. The minimum atomic E-state index is 0.921. The van der Waals surface area contributed by atoms with Gasteiger partial charge in [-0.25, -0.2) is 0 Å². The van der Waals surface area contributed by atoms with Crippen molar-refractivity contribution in [2.75, 3.05) is 24.6 Å². The molecule has 40 valence electrons. The van der Waals surface area contributed by atoms with Gasteiger partial charge in [0.15, 0.2) is 0 Å². The Hall–Kier alpha value is -0.0500. The van der Waals surface area contributed by atoms with Crippen LogP contribution in [0, 0.1) is 0 Å². The Morgan fingerprint density at radius 2 is 1.57 bits per heavy atom. The maximum atomic E-state index is 3.88. The zero-order valence-corrected chi connectivity index (χ0v) is 4.95. The zero-order valence-electron chi connectivity index (χ0n) is 4.13. The number of nitrogens with zero attached hydrogens (tertiary/aromatic N) is 2. The second-order valence-electron chi connectivity index (χ2n) is 1.34. The predicted molar refractivity (Wildman–Crippen MR) is 31.9 cm³/mol. The molecule has 3 heteroatoms. The van der Waals surface area contributed by atoms with Gasteiger partial charge in [-0.2, -0.15) is 22.0 Å². The second-order valence-corrected chi connectivity index (χ2v) is 2.57. The lowest BCUT2D eigenvalue weighted by atomic mass is 10.8. The summed E-state index contributed by atoms with van der Waals surface area (Å²) >= 11 is 1.93. The van der Waals surface area contributed by atoms with E-state index in [2.05, 4.69) is 10.2 Å². The van der Waals surface area contributed by atoms with E-state index in [1.807, 2.05) is 11.8 Å². The molecule has 1 aliphatic heterocycles. The van der Waals surface area contributed by atoms with Crippen LogP contribution in [0.3, 0.4) is 0 Å². The summed E-state index contributed by atoms with van der Waals surface area (Å²) in [6, 6.07) is 0. The van der Waals surface area contributed by atoms with E-state index in [1.165, 1.54) is 0 Å².